The van der Waals surface area contributed by atoms with Crippen molar-refractivity contribution in [2.75, 3.05) is 6.54 Å². The van der Waals surface area contributed by atoms with Crippen molar-refractivity contribution in [2.24, 2.45) is 34.4 Å². The average Bonchev–Trinajstić information content (AvgIpc) is 2.74. The van der Waals surface area contributed by atoms with E-state index in [1.807, 2.05) is 6.21 Å². The molecular weight excluding hydrogens is 298 g/mol. The fourth-order valence-corrected chi connectivity index (χ4v) is 6.31. The van der Waals surface area contributed by atoms with Gasteiger partial charge in [-0.05, 0) is 37.0 Å². The van der Waals surface area contributed by atoms with Crippen molar-refractivity contribution in [1.82, 2.24) is 4.90 Å². The summed E-state index contributed by atoms with van der Waals surface area (Å²) in [7, 11) is 0. The summed E-state index contributed by atoms with van der Waals surface area (Å²) in [6, 6.07) is 0.759. The first-order valence-corrected chi connectivity index (χ1v) is 10.1. The maximum Gasteiger partial charge on any atom is 0.247 e. The molecule has 0 spiro atoms. The Kier molecular flexibility index (Phi) is 4.22. The number of amides is 1. The highest BCUT2D eigenvalue weighted by molar-refractivity contribution is 5.90. The monoisotopic (exact) mass is 331 g/mol. The molecule has 4 nitrogen and oxygen atoms in total. The minimum absolute atomic E-state index is 0.174. The van der Waals surface area contributed by atoms with Crippen LogP contribution in [0.25, 0.3) is 0 Å². The average molecular weight is 332 g/mol. The van der Waals surface area contributed by atoms with Crippen LogP contribution >= 0.6 is 0 Å². The van der Waals surface area contributed by atoms with Crippen LogP contribution in [0.1, 0.15) is 65.2 Å². The van der Waals surface area contributed by atoms with E-state index in [0.29, 0.717) is 23.8 Å². The SMILES string of the molecule is CC(C)CN1C(CC2CCCCC2)C2CC3C=NC2(C(N)=O)C1C3. The lowest BCUT2D eigenvalue weighted by molar-refractivity contribution is -0.126. The van der Waals surface area contributed by atoms with Crippen LogP contribution < -0.4 is 5.73 Å². The van der Waals surface area contributed by atoms with Gasteiger partial charge in [0.25, 0.3) is 0 Å². The van der Waals surface area contributed by atoms with Crippen molar-refractivity contribution in [1.29, 1.82) is 0 Å². The van der Waals surface area contributed by atoms with Crippen LogP contribution in [0.4, 0.5) is 0 Å². The predicted octanol–water partition coefficient (Wildman–Crippen LogP) is 3.00. The van der Waals surface area contributed by atoms with E-state index in [4.69, 9.17) is 10.7 Å². The molecule has 2 aliphatic carbocycles. The van der Waals surface area contributed by atoms with Crippen LogP contribution in [0.3, 0.4) is 0 Å². The molecule has 0 aromatic carbocycles. The second-order valence-corrected chi connectivity index (χ2v) is 9.22. The van der Waals surface area contributed by atoms with Crippen LogP contribution in [0.2, 0.25) is 0 Å². The minimum atomic E-state index is -0.622. The summed E-state index contributed by atoms with van der Waals surface area (Å²) in [5.74, 6) is 2.19. The molecule has 0 aromatic heterocycles. The highest BCUT2D eigenvalue weighted by Gasteiger charge is 2.66. The third-order valence-corrected chi connectivity index (χ3v) is 7.22. The lowest BCUT2D eigenvalue weighted by atomic mass is 9.64. The molecule has 0 radical (unpaired) electrons. The van der Waals surface area contributed by atoms with Gasteiger partial charge in [-0.25, -0.2) is 0 Å². The Hall–Kier alpha value is -0.900. The summed E-state index contributed by atoms with van der Waals surface area (Å²) >= 11 is 0. The first kappa shape index (κ1) is 16.6. The van der Waals surface area contributed by atoms with E-state index in [-0.39, 0.29) is 11.9 Å². The maximum absolute atomic E-state index is 12.5. The Labute approximate surface area is 146 Å². The molecule has 4 heteroatoms. The van der Waals surface area contributed by atoms with E-state index in [0.717, 1.165) is 25.3 Å². The van der Waals surface area contributed by atoms with Gasteiger partial charge < -0.3 is 5.73 Å². The number of nitrogens with zero attached hydrogens (tertiary/aromatic N) is 2. The molecule has 3 heterocycles. The van der Waals surface area contributed by atoms with E-state index >= 15 is 0 Å². The summed E-state index contributed by atoms with van der Waals surface area (Å²) in [5, 5.41) is 0. The van der Waals surface area contributed by atoms with E-state index in [9.17, 15) is 4.79 Å². The van der Waals surface area contributed by atoms with Crippen molar-refractivity contribution >= 4 is 12.1 Å². The zero-order chi connectivity index (χ0) is 16.9. The third kappa shape index (κ3) is 2.44. The molecule has 134 valence electrons. The fourth-order valence-electron chi connectivity index (χ4n) is 6.31. The van der Waals surface area contributed by atoms with E-state index < -0.39 is 5.54 Å². The molecule has 4 bridgehead atoms. The summed E-state index contributed by atoms with van der Waals surface area (Å²) in [6.45, 7) is 5.66. The molecule has 1 amide bonds. The second-order valence-electron chi connectivity index (χ2n) is 9.22. The standard InChI is InChI=1S/C20H33N3O/c1-13(2)12-23-17(9-14-6-4-3-5-7-14)16-8-15-10-18(23)20(16,19(21)24)22-11-15/h11,13-18H,3-10,12H2,1-2H3,(H2,21,24). The van der Waals surface area contributed by atoms with Crippen LogP contribution in [0.5, 0.6) is 0 Å². The van der Waals surface area contributed by atoms with Gasteiger partial charge in [0.15, 0.2) is 5.54 Å². The van der Waals surface area contributed by atoms with Gasteiger partial charge in [0.1, 0.15) is 0 Å². The molecule has 5 aliphatic rings. The Morgan fingerprint density at radius 2 is 2.04 bits per heavy atom. The van der Waals surface area contributed by atoms with Gasteiger partial charge in [-0.15, -0.1) is 0 Å². The number of carbonyl (C=O) groups is 1. The Bertz CT molecular complexity index is 525. The van der Waals surface area contributed by atoms with Crippen LogP contribution in [-0.2, 0) is 4.79 Å². The number of carbonyl (C=O) groups excluding carboxylic acids is 1. The molecular formula is C20H33N3O. The number of likely N-dealkylation sites (tertiary alicyclic amines) is 1. The Balaban J connectivity index is 1.65. The molecule has 5 atom stereocenters. The number of nitrogens with two attached hydrogens (primary N) is 1. The summed E-state index contributed by atoms with van der Waals surface area (Å²) in [5.41, 5.74) is 5.35. The van der Waals surface area contributed by atoms with Crippen molar-refractivity contribution in [2.45, 2.75) is 82.8 Å². The van der Waals surface area contributed by atoms with Gasteiger partial charge in [-0.3, -0.25) is 14.7 Å². The Morgan fingerprint density at radius 3 is 2.71 bits per heavy atom. The second kappa shape index (κ2) is 6.12. The van der Waals surface area contributed by atoms with Crippen LogP contribution in [-0.4, -0.2) is 41.2 Å². The molecule has 3 aliphatic heterocycles. The van der Waals surface area contributed by atoms with Crippen molar-refractivity contribution in [3.63, 3.8) is 0 Å². The zero-order valence-corrected chi connectivity index (χ0v) is 15.3. The lowest BCUT2D eigenvalue weighted by Gasteiger charge is -2.45. The first-order valence-electron chi connectivity index (χ1n) is 10.1. The van der Waals surface area contributed by atoms with Crippen LogP contribution in [0.15, 0.2) is 4.99 Å². The van der Waals surface area contributed by atoms with Crippen LogP contribution in [0, 0.1) is 23.7 Å². The normalized spacial score (nSPS) is 42.1. The highest BCUT2D eigenvalue weighted by atomic mass is 16.1. The molecule has 5 unspecified atom stereocenters. The van der Waals surface area contributed by atoms with E-state index in [1.165, 1.54) is 38.5 Å². The van der Waals surface area contributed by atoms with E-state index in [2.05, 4.69) is 18.7 Å². The number of rotatable bonds is 5. The molecule has 3 fully saturated rings. The van der Waals surface area contributed by atoms with Gasteiger partial charge in [0.2, 0.25) is 5.91 Å². The molecule has 2 saturated carbocycles. The van der Waals surface area contributed by atoms with Crippen molar-refractivity contribution < 1.29 is 4.79 Å². The summed E-state index contributed by atoms with van der Waals surface area (Å²) < 4.78 is 0. The highest BCUT2D eigenvalue weighted by Crippen LogP contribution is 2.55. The molecule has 1 saturated heterocycles. The summed E-state index contributed by atoms with van der Waals surface area (Å²) in [4.78, 5) is 20.0. The fraction of sp³-hybridized carbons (Fsp3) is 0.900. The van der Waals surface area contributed by atoms with E-state index in [1.54, 1.807) is 0 Å². The summed E-state index contributed by atoms with van der Waals surface area (Å²) in [6.07, 6.45) is 12.4. The molecule has 2 N–H and O–H groups in total. The van der Waals surface area contributed by atoms with Gasteiger partial charge in [0.05, 0.1) is 0 Å². The van der Waals surface area contributed by atoms with Gasteiger partial charge in [-0.1, -0.05) is 46.0 Å². The number of primary amides is 1. The lowest BCUT2D eigenvalue weighted by Crippen LogP contribution is -2.61. The van der Waals surface area contributed by atoms with Crippen molar-refractivity contribution in [3.05, 3.63) is 0 Å². The van der Waals surface area contributed by atoms with Gasteiger partial charge >= 0.3 is 0 Å². The van der Waals surface area contributed by atoms with Gasteiger partial charge in [-0.2, -0.15) is 0 Å². The quantitative estimate of drug-likeness (QED) is 0.842. The van der Waals surface area contributed by atoms with Crippen molar-refractivity contribution in [3.8, 4) is 0 Å². The number of hydrogen-bond donors (Lipinski definition) is 1. The number of aliphatic imine (C=N–C) groups is 1. The van der Waals surface area contributed by atoms with Gasteiger partial charge in [0, 0.05) is 30.8 Å². The molecule has 0 aromatic rings. The minimum Gasteiger partial charge on any atom is -0.367 e. The molecule has 24 heavy (non-hydrogen) atoms. The molecule has 5 rings (SSSR count). The smallest absolute Gasteiger partial charge is 0.247 e. The first-order chi connectivity index (χ1) is 11.5. The zero-order valence-electron chi connectivity index (χ0n) is 15.3. The topological polar surface area (TPSA) is 58.7 Å². The maximum atomic E-state index is 12.5. The number of hydrogen-bond acceptors (Lipinski definition) is 3. The largest absolute Gasteiger partial charge is 0.367 e. The third-order valence-electron chi connectivity index (χ3n) is 7.22. The predicted molar refractivity (Wildman–Crippen MR) is 96.9 cm³/mol. The Morgan fingerprint density at radius 1 is 1.29 bits per heavy atom.